The van der Waals surface area contributed by atoms with Gasteiger partial charge in [-0.1, -0.05) is 62.9 Å². The fourth-order valence-electron chi connectivity index (χ4n) is 5.05. The van der Waals surface area contributed by atoms with Crippen molar-refractivity contribution < 1.29 is 4.79 Å². The van der Waals surface area contributed by atoms with Crippen LogP contribution in [0.3, 0.4) is 0 Å². The Kier molecular flexibility index (Phi) is 6.51. The number of Topliss-reactive ketones (excluding diaryl/α,β-unsaturated/α-hetero) is 1. The molecule has 2 fully saturated rings. The molecule has 0 heterocycles. The Bertz CT molecular complexity index is 498. The summed E-state index contributed by atoms with van der Waals surface area (Å²) in [6.07, 6.45) is 13.7. The van der Waals surface area contributed by atoms with E-state index in [4.69, 9.17) is 0 Å². The minimum Gasteiger partial charge on any atom is -0.299 e. The van der Waals surface area contributed by atoms with Crippen molar-refractivity contribution in [2.24, 2.45) is 17.8 Å². The monoisotopic (exact) mass is 326 g/mol. The van der Waals surface area contributed by atoms with E-state index < -0.39 is 0 Å². The second-order valence-electron chi connectivity index (χ2n) is 8.23. The van der Waals surface area contributed by atoms with Crippen LogP contribution in [0.15, 0.2) is 30.3 Å². The summed E-state index contributed by atoms with van der Waals surface area (Å²) in [4.78, 5) is 12.9. The normalized spacial score (nSPS) is 30.4. The zero-order valence-electron chi connectivity index (χ0n) is 15.4. The smallest absolute Gasteiger partial charge is 0.139 e. The van der Waals surface area contributed by atoms with Crippen LogP contribution in [-0.2, 0) is 4.79 Å². The van der Waals surface area contributed by atoms with E-state index in [1.165, 1.54) is 63.4 Å². The molecule has 1 aromatic carbocycles. The lowest BCUT2D eigenvalue weighted by atomic mass is 9.74. The third-order valence-electron chi connectivity index (χ3n) is 6.56. The second-order valence-corrected chi connectivity index (χ2v) is 8.23. The summed E-state index contributed by atoms with van der Waals surface area (Å²) in [7, 11) is 0. The Hall–Kier alpha value is -1.11. The van der Waals surface area contributed by atoms with E-state index in [0.717, 1.165) is 18.8 Å². The van der Waals surface area contributed by atoms with E-state index in [1.807, 2.05) is 0 Å². The van der Waals surface area contributed by atoms with Crippen LogP contribution in [0.2, 0.25) is 0 Å². The van der Waals surface area contributed by atoms with Crippen LogP contribution in [0.4, 0.5) is 0 Å². The highest BCUT2D eigenvalue weighted by molar-refractivity contribution is 5.83. The summed E-state index contributed by atoms with van der Waals surface area (Å²) in [5.74, 6) is 2.91. The van der Waals surface area contributed by atoms with Crippen molar-refractivity contribution in [3.05, 3.63) is 35.9 Å². The number of carbonyl (C=O) groups is 1. The molecule has 0 radical (unpaired) electrons. The van der Waals surface area contributed by atoms with Crippen LogP contribution < -0.4 is 0 Å². The van der Waals surface area contributed by atoms with Crippen LogP contribution in [0.1, 0.15) is 89.0 Å². The van der Waals surface area contributed by atoms with Gasteiger partial charge in [-0.15, -0.1) is 0 Å². The lowest BCUT2D eigenvalue weighted by Crippen LogP contribution is -2.26. The molecule has 0 N–H and O–H groups in total. The first-order valence-corrected chi connectivity index (χ1v) is 10.4. The molecule has 24 heavy (non-hydrogen) atoms. The van der Waals surface area contributed by atoms with E-state index in [9.17, 15) is 4.79 Å². The molecule has 132 valence electrons. The van der Waals surface area contributed by atoms with Crippen molar-refractivity contribution in [1.29, 1.82) is 0 Å². The minimum absolute atomic E-state index is 0.365. The molecule has 1 heteroatoms. The Morgan fingerprint density at radius 2 is 1.62 bits per heavy atom. The molecule has 0 saturated heterocycles. The topological polar surface area (TPSA) is 17.1 Å². The predicted octanol–water partition coefficient (Wildman–Crippen LogP) is 6.53. The van der Waals surface area contributed by atoms with Crippen molar-refractivity contribution in [1.82, 2.24) is 0 Å². The van der Waals surface area contributed by atoms with Crippen molar-refractivity contribution in [3.8, 4) is 0 Å². The average Bonchev–Trinajstić information content (AvgIpc) is 3.11. The number of hydrogen-bond acceptors (Lipinski definition) is 1. The lowest BCUT2D eigenvalue weighted by molar-refractivity contribution is -0.127. The Labute approximate surface area is 148 Å². The number of hydrogen-bond donors (Lipinski definition) is 0. The quantitative estimate of drug-likeness (QED) is 0.521. The zero-order valence-corrected chi connectivity index (χ0v) is 15.4. The van der Waals surface area contributed by atoms with Gasteiger partial charge in [-0.3, -0.25) is 4.79 Å². The third kappa shape index (κ3) is 4.49. The maximum absolute atomic E-state index is 12.9. The molecular weight excluding hydrogens is 292 g/mol. The van der Waals surface area contributed by atoms with Gasteiger partial charge in [-0.05, 0) is 62.3 Å². The molecule has 0 spiro atoms. The molecule has 1 nitrogen and oxygen atoms in total. The van der Waals surface area contributed by atoms with Gasteiger partial charge in [0.1, 0.15) is 5.78 Å². The van der Waals surface area contributed by atoms with Gasteiger partial charge in [0, 0.05) is 11.8 Å². The van der Waals surface area contributed by atoms with Gasteiger partial charge in [0.2, 0.25) is 0 Å². The van der Waals surface area contributed by atoms with E-state index in [-0.39, 0.29) is 0 Å². The third-order valence-corrected chi connectivity index (χ3v) is 6.56. The van der Waals surface area contributed by atoms with Gasteiger partial charge in [0.25, 0.3) is 0 Å². The molecule has 0 unspecified atom stereocenters. The maximum Gasteiger partial charge on any atom is 0.139 e. The number of unbranched alkanes of at least 4 members (excludes halogenated alkanes) is 2. The molecule has 0 amide bonds. The predicted molar refractivity (Wildman–Crippen MR) is 101 cm³/mol. The number of rotatable bonds is 7. The summed E-state index contributed by atoms with van der Waals surface area (Å²) in [5, 5.41) is 0. The first-order chi connectivity index (χ1) is 11.8. The zero-order chi connectivity index (χ0) is 16.8. The fraction of sp³-hybridized carbons (Fsp3) is 0.696. The maximum atomic E-state index is 12.9. The first kappa shape index (κ1) is 17.7. The largest absolute Gasteiger partial charge is 0.299 e. The van der Waals surface area contributed by atoms with Crippen molar-refractivity contribution >= 4 is 5.78 Å². The van der Waals surface area contributed by atoms with Gasteiger partial charge in [-0.2, -0.15) is 0 Å². The number of carbonyl (C=O) groups excluding carboxylic acids is 1. The Balaban J connectivity index is 1.44. The molecular formula is C23H34O. The summed E-state index contributed by atoms with van der Waals surface area (Å²) >= 11 is 0. The summed E-state index contributed by atoms with van der Waals surface area (Å²) in [6, 6.07) is 10.9. The highest BCUT2D eigenvalue weighted by Gasteiger charge is 2.35. The summed E-state index contributed by atoms with van der Waals surface area (Å²) in [6.45, 7) is 2.27. The minimum atomic E-state index is 0.365. The molecule has 2 aliphatic carbocycles. The highest BCUT2D eigenvalue weighted by Crippen LogP contribution is 2.41. The van der Waals surface area contributed by atoms with E-state index in [1.54, 1.807) is 0 Å². The standard InChI is InChI=1S/C23H34O/c1-2-3-5-8-18-11-12-22(17-18)23(24)21-15-13-20(14-16-21)19-9-6-4-7-10-19/h4,6-7,9-10,18,20-22H,2-3,5,8,11-17H2,1H3/t18-,20?,21?,22-/m1/s1. The number of benzene rings is 1. The Morgan fingerprint density at radius 3 is 2.33 bits per heavy atom. The van der Waals surface area contributed by atoms with E-state index in [0.29, 0.717) is 23.5 Å². The Morgan fingerprint density at radius 1 is 0.917 bits per heavy atom. The highest BCUT2D eigenvalue weighted by atomic mass is 16.1. The summed E-state index contributed by atoms with van der Waals surface area (Å²) in [5.41, 5.74) is 1.47. The SMILES string of the molecule is CCCCC[C@@H]1CC[C@@H](C(=O)C2CCC(c3ccccc3)CC2)C1. The number of ketones is 1. The van der Waals surface area contributed by atoms with Crippen LogP contribution >= 0.6 is 0 Å². The van der Waals surface area contributed by atoms with Gasteiger partial charge >= 0.3 is 0 Å². The van der Waals surface area contributed by atoms with Crippen LogP contribution in [0, 0.1) is 17.8 Å². The van der Waals surface area contributed by atoms with Crippen LogP contribution in [0.5, 0.6) is 0 Å². The van der Waals surface area contributed by atoms with Gasteiger partial charge in [0.15, 0.2) is 0 Å². The fourth-order valence-corrected chi connectivity index (χ4v) is 5.05. The van der Waals surface area contributed by atoms with Gasteiger partial charge in [0.05, 0.1) is 0 Å². The molecule has 1 aromatic rings. The first-order valence-electron chi connectivity index (χ1n) is 10.4. The van der Waals surface area contributed by atoms with Gasteiger partial charge < -0.3 is 0 Å². The van der Waals surface area contributed by atoms with Crippen molar-refractivity contribution in [3.63, 3.8) is 0 Å². The average molecular weight is 327 g/mol. The second kappa shape index (κ2) is 8.83. The summed E-state index contributed by atoms with van der Waals surface area (Å²) < 4.78 is 0. The van der Waals surface area contributed by atoms with Crippen molar-refractivity contribution in [2.75, 3.05) is 0 Å². The molecule has 0 aliphatic heterocycles. The van der Waals surface area contributed by atoms with E-state index in [2.05, 4.69) is 37.3 Å². The van der Waals surface area contributed by atoms with Crippen LogP contribution in [-0.4, -0.2) is 5.78 Å². The van der Waals surface area contributed by atoms with Crippen molar-refractivity contribution in [2.45, 2.75) is 83.5 Å². The molecule has 0 bridgehead atoms. The lowest BCUT2D eigenvalue weighted by Gasteiger charge is -2.29. The molecule has 2 atom stereocenters. The molecule has 0 aromatic heterocycles. The van der Waals surface area contributed by atoms with Gasteiger partial charge in [-0.25, -0.2) is 0 Å². The van der Waals surface area contributed by atoms with E-state index >= 15 is 0 Å². The molecule has 2 saturated carbocycles. The molecule has 3 rings (SSSR count). The van der Waals surface area contributed by atoms with Crippen LogP contribution in [0.25, 0.3) is 0 Å². The molecule has 2 aliphatic rings.